The third kappa shape index (κ3) is 3.13. The Bertz CT molecular complexity index is 653. The molecule has 2 rings (SSSR count). The summed E-state index contributed by atoms with van der Waals surface area (Å²) in [7, 11) is -3.11. The number of carbonyl (C=O) groups excluding carboxylic acids is 1. The molecule has 1 aromatic heterocycles. The van der Waals surface area contributed by atoms with E-state index in [1.165, 1.54) is 12.1 Å². The highest BCUT2D eigenvalue weighted by atomic mass is 32.2. The van der Waals surface area contributed by atoms with Gasteiger partial charge in [-0.05, 0) is 25.5 Å². The smallest absolute Gasteiger partial charge is 0.354 e. The van der Waals surface area contributed by atoms with E-state index in [9.17, 15) is 18.0 Å². The summed E-state index contributed by atoms with van der Waals surface area (Å²) in [6.45, 7) is 1.68. The Morgan fingerprint density at radius 1 is 1.40 bits per heavy atom. The molecule has 1 aromatic rings. The van der Waals surface area contributed by atoms with Gasteiger partial charge in [0.05, 0.1) is 22.6 Å². The van der Waals surface area contributed by atoms with Crippen molar-refractivity contribution in [1.29, 1.82) is 0 Å². The Kier molecular flexibility index (Phi) is 3.51. The number of aromatic carboxylic acids is 1. The van der Waals surface area contributed by atoms with Crippen molar-refractivity contribution in [3.8, 4) is 0 Å². The zero-order valence-corrected chi connectivity index (χ0v) is 11.6. The van der Waals surface area contributed by atoms with E-state index in [-0.39, 0.29) is 22.8 Å². The van der Waals surface area contributed by atoms with Gasteiger partial charge in [0.2, 0.25) is 0 Å². The molecule has 2 N–H and O–H groups in total. The van der Waals surface area contributed by atoms with Gasteiger partial charge in [-0.25, -0.2) is 18.2 Å². The average molecular weight is 298 g/mol. The fourth-order valence-corrected chi connectivity index (χ4v) is 4.20. The van der Waals surface area contributed by atoms with E-state index in [0.29, 0.717) is 6.42 Å². The number of carboxylic acid groups (broad SMARTS) is 1. The molecule has 108 valence electrons. The van der Waals surface area contributed by atoms with Crippen molar-refractivity contribution in [2.45, 2.75) is 18.9 Å². The number of sulfone groups is 1. The molecule has 20 heavy (non-hydrogen) atoms. The largest absolute Gasteiger partial charge is 0.477 e. The molecule has 0 aromatic carbocycles. The molecular weight excluding hydrogens is 284 g/mol. The van der Waals surface area contributed by atoms with Crippen molar-refractivity contribution in [3.63, 3.8) is 0 Å². The SMILES string of the molecule is CC1(NC(=O)c2ccc(C(=O)O)nc2)CCS(=O)(=O)C1. The topological polar surface area (TPSA) is 113 Å². The molecule has 8 heteroatoms. The fourth-order valence-electron chi connectivity index (χ4n) is 2.11. The maximum Gasteiger partial charge on any atom is 0.354 e. The third-order valence-corrected chi connectivity index (χ3v) is 5.07. The highest BCUT2D eigenvalue weighted by Crippen LogP contribution is 2.23. The van der Waals surface area contributed by atoms with E-state index in [1.54, 1.807) is 6.92 Å². The van der Waals surface area contributed by atoms with Gasteiger partial charge >= 0.3 is 5.97 Å². The minimum Gasteiger partial charge on any atom is -0.477 e. The Hall–Kier alpha value is -1.96. The number of nitrogens with one attached hydrogen (secondary N) is 1. The Labute approximate surface area is 115 Å². The molecule has 1 fully saturated rings. The van der Waals surface area contributed by atoms with Crippen LogP contribution in [0.3, 0.4) is 0 Å². The number of pyridine rings is 1. The summed E-state index contributed by atoms with van der Waals surface area (Å²) in [5.74, 6) is -1.67. The lowest BCUT2D eigenvalue weighted by Gasteiger charge is -2.23. The van der Waals surface area contributed by atoms with Crippen LogP contribution in [-0.4, -0.2) is 47.4 Å². The minimum atomic E-state index is -3.11. The maximum absolute atomic E-state index is 12.0. The zero-order valence-electron chi connectivity index (χ0n) is 10.8. The monoisotopic (exact) mass is 298 g/mol. The van der Waals surface area contributed by atoms with Crippen LogP contribution in [0.5, 0.6) is 0 Å². The highest BCUT2D eigenvalue weighted by molar-refractivity contribution is 7.91. The predicted molar refractivity (Wildman–Crippen MR) is 70.3 cm³/mol. The Balaban J connectivity index is 2.11. The maximum atomic E-state index is 12.0. The van der Waals surface area contributed by atoms with Crippen molar-refractivity contribution in [1.82, 2.24) is 10.3 Å². The zero-order chi connectivity index (χ0) is 15.0. The number of nitrogens with zero attached hydrogens (tertiary/aromatic N) is 1. The molecule has 2 heterocycles. The van der Waals surface area contributed by atoms with Gasteiger partial charge in [0, 0.05) is 6.20 Å². The molecule has 0 spiro atoms. The average Bonchev–Trinajstić information content (AvgIpc) is 2.63. The molecule has 1 saturated heterocycles. The highest BCUT2D eigenvalue weighted by Gasteiger charge is 2.39. The Morgan fingerprint density at radius 2 is 2.10 bits per heavy atom. The summed E-state index contributed by atoms with van der Waals surface area (Å²) in [5.41, 5.74) is -0.752. The first-order valence-corrected chi connectivity index (χ1v) is 7.75. The first kappa shape index (κ1) is 14.4. The lowest BCUT2D eigenvalue weighted by molar-refractivity contribution is 0.0689. The van der Waals surface area contributed by atoms with Crippen molar-refractivity contribution in [3.05, 3.63) is 29.6 Å². The number of rotatable bonds is 3. The van der Waals surface area contributed by atoms with Crippen LogP contribution in [0.15, 0.2) is 18.3 Å². The van der Waals surface area contributed by atoms with Gasteiger partial charge in [0.1, 0.15) is 5.69 Å². The van der Waals surface area contributed by atoms with Crippen LogP contribution >= 0.6 is 0 Å². The van der Waals surface area contributed by atoms with Gasteiger partial charge < -0.3 is 10.4 Å². The molecule has 1 atom stereocenters. The first-order valence-electron chi connectivity index (χ1n) is 5.93. The number of hydrogen-bond acceptors (Lipinski definition) is 5. The predicted octanol–water partition coefficient (Wildman–Crippen LogP) is 0.0868. The van der Waals surface area contributed by atoms with Crippen LogP contribution in [0.2, 0.25) is 0 Å². The van der Waals surface area contributed by atoms with Gasteiger partial charge in [0.15, 0.2) is 9.84 Å². The number of carboxylic acids is 1. The van der Waals surface area contributed by atoms with Crippen molar-refractivity contribution in [2.75, 3.05) is 11.5 Å². The van der Waals surface area contributed by atoms with Crippen molar-refractivity contribution >= 4 is 21.7 Å². The van der Waals surface area contributed by atoms with Gasteiger partial charge in [-0.2, -0.15) is 0 Å². The molecule has 7 nitrogen and oxygen atoms in total. The van der Waals surface area contributed by atoms with E-state index in [1.807, 2.05) is 0 Å². The van der Waals surface area contributed by atoms with Gasteiger partial charge in [-0.1, -0.05) is 0 Å². The van der Waals surface area contributed by atoms with E-state index in [2.05, 4.69) is 10.3 Å². The number of hydrogen-bond donors (Lipinski definition) is 2. The van der Waals surface area contributed by atoms with Gasteiger partial charge in [-0.15, -0.1) is 0 Å². The summed E-state index contributed by atoms with van der Waals surface area (Å²) in [6.07, 6.45) is 1.52. The van der Waals surface area contributed by atoms with Crippen LogP contribution in [0.4, 0.5) is 0 Å². The van der Waals surface area contributed by atoms with E-state index >= 15 is 0 Å². The summed E-state index contributed by atoms with van der Waals surface area (Å²) in [4.78, 5) is 26.3. The molecule has 1 amide bonds. The summed E-state index contributed by atoms with van der Waals surface area (Å²) in [6, 6.07) is 2.57. The molecule has 0 aliphatic carbocycles. The molecular formula is C12H14N2O5S. The molecule has 1 unspecified atom stereocenters. The second kappa shape index (κ2) is 4.86. The Morgan fingerprint density at radius 3 is 2.55 bits per heavy atom. The standard InChI is InChI=1S/C12H14N2O5S/c1-12(4-5-20(18,19)7-12)14-10(15)8-2-3-9(11(16)17)13-6-8/h2-3,6H,4-5,7H2,1H3,(H,14,15)(H,16,17). The summed E-state index contributed by atoms with van der Waals surface area (Å²) in [5, 5.41) is 11.4. The summed E-state index contributed by atoms with van der Waals surface area (Å²) >= 11 is 0. The van der Waals surface area contributed by atoms with Crippen LogP contribution in [0, 0.1) is 0 Å². The minimum absolute atomic E-state index is 0.0555. The molecule has 0 bridgehead atoms. The number of amides is 1. The summed E-state index contributed by atoms with van der Waals surface area (Å²) < 4.78 is 22.9. The van der Waals surface area contributed by atoms with Gasteiger partial charge in [-0.3, -0.25) is 4.79 Å². The first-order chi connectivity index (χ1) is 9.21. The number of aromatic nitrogens is 1. The quantitative estimate of drug-likeness (QED) is 0.817. The van der Waals surface area contributed by atoms with Crippen LogP contribution in [0.25, 0.3) is 0 Å². The molecule has 1 aliphatic rings. The van der Waals surface area contributed by atoms with E-state index < -0.39 is 27.3 Å². The molecule has 0 radical (unpaired) electrons. The van der Waals surface area contributed by atoms with E-state index in [0.717, 1.165) is 6.20 Å². The molecule has 1 aliphatic heterocycles. The third-order valence-electron chi connectivity index (χ3n) is 3.16. The number of carbonyl (C=O) groups is 2. The van der Waals surface area contributed by atoms with Crippen LogP contribution in [0.1, 0.15) is 34.2 Å². The van der Waals surface area contributed by atoms with Gasteiger partial charge in [0.25, 0.3) is 5.91 Å². The second-order valence-corrected chi connectivity index (χ2v) is 7.28. The van der Waals surface area contributed by atoms with Crippen LogP contribution < -0.4 is 5.32 Å². The van der Waals surface area contributed by atoms with Crippen LogP contribution in [-0.2, 0) is 9.84 Å². The van der Waals surface area contributed by atoms with E-state index in [4.69, 9.17) is 5.11 Å². The fraction of sp³-hybridized carbons (Fsp3) is 0.417. The van der Waals surface area contributed by atoms with Crippen molar-refractivity contribution < 1.29 is 23.1 Å². The van der Waals surface area contributed by atoms with Crippen molar-refractivity contribution in [2.24, 2.45) is 0 Å². The lowest BCUT2D eigenvalue weighted by atomic mass is 10.0. The lowest BCUT2D eigenvalue weighted by Crippen LogP contribution is -2.46. The molecule has 0 saturated carbocycles. The normalized spacial score (nSPS) is 24.2. The second-order valence-electron chi connectivity index (χ2n) is 5.09.